The molecule has 0 aromatic heterocycles. The van der Waals surface area contributed by atoms with Gasteiger partial charge < -0.3 is 48.7 Å². The van der Waals surface area contributed by atoms with E-state index in [1.807, 2.05) is 50.2 Å². The average Bonchev–Trinajstić information content (AvgIpc) is 0.774. The molecule has 778 valence electrons. The zero-order valence-electron chi connectivity index (χ0n) is 81.5. The van der Waals surface area contributed by atoms with E-state index in [1.165, 1.54) is 124 Å². The van der Waals surface area contributed by atoms with Crippen molar-refractivity contribution in [2.24, 2.45) is 40.9 Å². The van der Waals surface area contributed by atoms with Crippen LogP contribution in [0.15, 0.2) is 360 Å². The van der Waals surface area contributed by atoms with E-state index in [1.54, 1.807) is 143 Å². The van der Waals surface area contributed by atoms with Crippen molar-refractivity contribution in [2.75, 3.05) is 87.4 Å². The Labute approximate surface area is 862 Å². The molecule has 47 heteroatoms. The molecule has 1 aliphatic carbocycles. The van der Waals surface area contributed by atoms with E-state index in [9.17, 15) is 84.1 Å². The Hall–Kier alpha value is -15.1. The molecule has 148 heavy (non-hydrogen) atoms. The molecule has 0 unspecified atom stereocenters. The smallest absolute Gasteiger partial charge is 0.296 e. The number of phenolic OH excluding ortho intramolecular Hbond substituents is 4. The van der Waals surface area contributed by atoms with Crippen LogP contribution in [0.5, 0.6) is 23.0 Å². The molecule has 39 nitrogen and oxygen atoms in total. The second-order valence-corrected chi connectivity index (χ2v) is 43.8. The molecule has 0 aliphatic heterocycles. The third-order valence-electron chi connectivity index (χ3n) is 22.2. The van der Waals surface area contributed by atoms with E-state index in [0.29, 0.717) is 66.5 Å². The van der Waals surface area contributed by atoms with Crippen LogP contribution in [0, 0.1) is 6.92 Å². The summed E-state index contributed by atoms with van der Waals surface area (Å²) in [5, 5.41) is 80.3. The topological polar surface area (TPSA) is 607 Å². The lowest BCUT2D eigenvalue weighted by Gasteiger charge is -2.30. The van der Waals surface area contributed by atoms with E-state index >= 15 is 0 Å². The number of aryl methyl sites for hydroxylation is 1. The summed E-state index contributed by atoms with van der Waals surface area (Å²) in [5.41, 5.74) is 29.1. The van der Waals surface area contributed by atoms with Gasteiger partial charge in [0.1, 0.15) is 66.9 Å². The predicted octanol–water partition coefficient (Wildman–Crippen LogP) is 21.7. The summed E-state index contributed by atoms with van der Waals surface area (Å²) in [6.07, 6.45) is 6.18. The number of halogens is 1. The highest BCUT2D eigenvalue weighted by Crippen LogP contribution is 2.47. The van der Waals surface area contributed by atoms with Crippen LogP contribution in [0.25, 0.3) is 43.1 Å². The lowest BCUT2D eigenvalue weighted by molar-refractivity contribution is 0.0962. The van der Waals surface area contributed by atoms with Crippen molar-refractivity contribution in [2.45, 2.75) is 100 Å². The minimum atomic E-state index is -4.07. The Morgan fingerprint density at radius 1 is 0.385 bits per heavy atom. The fourth-order valence-corrected chi connectivity index (χ4v) is 21.9. The maximum absolute atomic E-state index is 13.7. The van der Waals surface area contributed by atoms with Gasteiger partial charge in [-0.3, -0.25) is 30.6 Å². The molecule has 0 radical (unpaired) electrons. The quantitative estimate of drug-likeness (QED) is 0.00989. The number of rotatable bonds is 27. The van der Waals surface area contributed by atoms with Crippen LogP contribution in [0.3, 0.4) is 0 Å². The van der Waals surface area contributed by atoms with Gasteiger partial charge >= 0.3 is 0 Å². The Morgan fingerprint density at radius 2 is 0.723 bits per heavy atom. The molecule has 0 saturated heterocycles. The summed E-state index contributed by atoms with van der Waals surface area (Å²) in [6, 6.07) is 73.8. The van der Waals surface area contributed by atoms with Gasteiger partial charge in [0.15, 0.2) is 0 Å². The summed E-state index contributed by atoms with van der Waals surface area (Å²) in [4.78, 5) is 10.0. The van der Waals surface area contributed by atoms with Gasteiger partial charge in [-0.1, -0.05) is 148 Å². The first-order chi connectivity index (χ1) is 70.4. The van der Waals surface area contributed by atoms with E-state index in [2.05, 4.69) is 79.3 Å². The molecule has 1 saturated carbocycles. The van der Waals surface area contributed by atoms with Crippen LogP contribution < -0.4 is 37.3 Å². The number of nitrogens with one attached hydrogen (secondary N) is 2. The van der Waals surface area contributed by atoms with Gasteiger partial charge in [-0.15, -0.1) is 42.3 Å². The summed E-state index contributed by atoms with van der Waals surface area (Å²) in [7, 11) is -20.4. The number of phenols is 4. The number of hydrogen-bond donors (Lipinski definition) is 10. The molecule has 15 aromatic carbocycles. The van der Waals surface area contributed by atoms with Crippen LogP contribution in [0.4, 0.5) is 79.6 Å². The zero-order valence-corrected chi connectivity index (χ0v) is 88.0. The second-order valence-electron chi connectivity index (χ2n) is 31.5. The number of aromatic hydroxyl groups is 4. The molecule has 0 spiro atoms. The highest BCUT2D eigenvalue weighted by molar-refractivity contribution is 7.93. The van der Waals surface area contributed by atoms with Gasteiger partial charge in [0.25, 0.3) is 66.4 Å². The van der Waals surface area contributed by atoms with Gasteiger partial charge in [0.05, 0.1) is 114 Å². The number of amides is 1. The lowest BCUT2D eigenvalue weighted by atomic mass is 9.96. The maximum Gasteiger partial charge on any atom is 0.296 e. The first kappa shape index (κ1) is 115. The number of sulfonamides is 3. The number of fused-ring (bicyclic) bond motifs is 4. The Bertz CT molecular complexity index is 8330. The number of nitrogens with zero attached hydrogens (tertiary/aromatic N) is 10. The molecule has 15 aromatic rings. The SMILES string of the molecule is CC.CCN(c1ccccc1)S(=O)(=O)c1cc(C)ccc1N=Nc1c(N)ccc2cc(S(=O)(=O)OC)cc(O)c12.CCl.CNC(=O)c1ccccc1.COS(=O)(=O)c1cc(O)c2c(N=Nc3ccc(S(=O)(=O)Nc4ccccc4)cc3)c(N)ccc2c1.COS(=O)(=O)c1cc(O)c2c(N=Nc3ccccc3)c(N)ccc2c1.COS(=O)(=O)c1cc(O)c2c(N=Nc3ccccc3S(=O)(=O)N(C)C3CCCCC3)c(N)ccc2c1. The molecule has 1 amide bonds. The third-order valence-corrected chi connectivity index (χ3v) is 32.5. The van der Waals surface area contributed by atoms with Crippen molar-refractivity contribution >= 4 is 211 Å². The van der Waals surface area contributed by atoms with Crippen molar-refractivity contribution in [3.05, 3.63) is 296 Å². The Morgan fingerprint density at radius 3 is 1.09 bits per heavy atom. The largest absolute Gasteiger partial charge is 0.507 e. The average molecular weight is 2170 g/mol. The van der Waals surface area contributed by atoms with Gasteiger partial charge in [-0.25, -0.2) is 25.3 Å². The van der Waals surface area contributed by atoms with E-state index in [0.717, 1.165) is 84.8 Å². The molecule has 16 rings (SSSR count). The van der Waals surface area contributed by atoms with Crippen molar-refractivity contribution < 1.29 is 101 Å². The summed E-state index contributed by atoms with van der Waals surface area (Å²) >= 11 is 4.64. The minimum absolute atomic E-state index is 0.0123. The molecule has 1 aliphatic rings. The van der Waals surface area contributed by atoms with Crippen LogP contribution in [0.2, 0.25) is 0 Å². The molecular formula is C101H107ClN16O23S7. The number of benzene rings is 15. The van der Waals surface area contributed by atoms with Gasteiger partial charge in [-0.2, -0.15) is 48.2 Å². The third kappa shape index (κ3) is 27.8. The summed E-state index contributed by atoms with van der Waals surface area (Å²) in [6.45, 7) is 7.69. The Kier molecular flexibility index (Phi) is 39.5. The molecular weight excluding hydrogens is 2070 g/mol. The van der Waals surface area contributed by atoms with E-state index in [-0.39, 0.29) is 137 Å². The first-order valence-corrected chi connectivity index (χ1v) is 55.4. The van der Waals surface area contributed by atoms with Crippen LogP contribution in [0.1, 0.15) is 68.8 Å². The van der Waals surface area contributed by atoms with Crippen molar-refractivity contribution in [3.63, 3.8) is 0 Å². The van der Waals surface area contributed by atoms with Gasteiger partial charge in [0.2, 0.25) is 10.0 Å². The zero-order chi connectivity index (χ0) is 108. The normalized spacial score (nSPS) is 12.6. The summed E-state index contributed by atoms with van der Waals surface area (Å²) in [5.74, 6) is -1.48. The standard InChI is InChI=1S/C26H26N4O6S2.C24H28N4O6S2.C23H20N4O6S2.C17H15N3O4S.C8H9NO.C2H6.CH3Cl/c1-4-30(19-8-6-5-7-9-19)37(32,33)24-14-17(2)10-13-22(24)28-29-26-21(27)12-11-18-15-20(38(34,35)36-3)16-23(31)25(18)26;1-28(17-8-4-3-5-9-17)35(30,31)22-11-7-6-10-20(22)26-27-24-19(25)13-12-16-14-18(36(32,33)34-2)15-21(29)23(16)24;1-33-35(31,32)19-13-15-7-12-20(24)23(22(15)21(28)14-19)26-25-16-8-10-18(11-9-16)34(29,30)27-17-5-3-2-4-6-17;1-24-25(22,23)13-9-11-7-8-14(18)17(16(11)15(21)10-13)20-19-12-5-3-2-4-6-12;1-9-8(10)7-5-3-2-4-6-7;2*1-2/h5-16,31H,4,27H2,1-3H3;6-7,10-15,17,29H,3-5,8-9,25H2,1-2H3;2-14,27-28H,24H2,1H3;2-10,21H,18H2,1H3;2-6H,1H3,(H,9,10);1-2H3;1H3. The molecule has 14 N–H and O–H groups in total. The van der Waals surface area contributed by atoms with Crippen LogP contribution >= 0.6 is 11.6 Å². The van der Waals surface area contributed by atoms with Crippen LogP contribution in [-0.4, -0.2) is 151 Å². The van der Waals surface area contributed by atoms with Crippen LogP contribution in [-0.2, 0) is 87.3 Å². The van der Waals surface area contributed by atoms with E-state index in [4.69, 9.17) is 22.9 Å². The van der Waals surface area contributed by atoms with Crippen molar-refractivity contribution in [1.82, 2.24) is 9.62 Å². The first-order valence-electron chi connectivity index (χ1n) is 44.7. The number of hydrogen-bond acceptors (Lipinski definition) is 35. The summed E-state index contributed by atoms with van der Waals surface area (Å²) < 4.78 is 199. The minimum Gasteiger partial charge on any atom is -0.507 e. The van der Waals surface area contributed by atoms with Crippen molar-refractivity contribution in [1.29, 1.82) is 0 Å². The number of carbonyl (C=O) groups excluding carboxylic acids is 1. The fraction of sp³-hybridized carbons (Fsp3) is 0.178. The fourth-order valence-electron chi connectivity index (χ4n) is 14.8. The lowest BCUT2D eigenvalue weighted by Crippen LogP contribution is -2.38. The number of nitrogen functional groups attached to an aromatic ring is 4. The van der Waals surface area contributed by atoms with Crippen molar-refractivity contribution in [3.8, 4) is 23.0 Å². The number of alkyl halides is 1. The number of nitrogens with two attached hydrogens (primary N) is 4. The maximum atomic E-state index is 13.7. The van der Waals surface area contributed by atoms with Gasteiger partial charge in [0, 0.05) is 68.6 Å². The highest BCUT2D eigenvalue weighted by atomic mass is 35.5. The molecule has 1 fully saturated rings. The van der Waals surface area contributed by atoms with E-state index < -0.39 is 76.3 Å². The number of para-hydroxylation sites is 2. The molecule has 0 bridgehead atoms. The predicted molar refractivity (Wildman–Crippen MR) is 573 cm³/mol. The molecule has 0 atom stereocenters. The number of carbonyl (C=O) groups is 1. The molecule has 0 heterocycles. The Balaban J connectivity index is 0.000000195. The monoisotopic (exact) mass is 2170 g/mol. The number of anilines is 6. The highest BCUT2D eigenvalue weighted by Gasteiger charge is 2.33. The van der Waals surface area contributed by atoms with Gasteiger partial charge in [-0.05, 0) is 199 Å². The second kappa shape index (κ2) is 50.8. The number of azo groups is 4.